The molecular weight excluding hydrogens is 394 g/mol. The normalized spacial score (nSPS) is 17.5. The highest BCUT2D eigenvalue weighted by atomic mass is 16.5. The molecule has 1 saturated heterocycles. The van der Waals surface area contributed by atoms with Crippen molar-refractivity contribution >= 4 is 28.4 Å². The third-order valence-corrected chi connectivity index (χ3v) is 6.46. The number of nitrogens with zero attached hydrogens (tertiary/aromatic N) is 1. The van der Waals surface area contributed by atoms with Crippen LogP contribution in [0.3, 0.4) is 0 Å². The van der Waals surface area contributed by atoms with Crippen LogP contribution in [0.15, 0.2) is 22.6 Å². The summed E-state index contributed by atoms with van der Waals surface area (Å²) in [7, 11) is 1.41. The number of likely N-dealkylation sites (tertiary alicyclic amines) is 1. The summed E-state index contributed by atoms with van der Waals surface area (Å²) in [5.74, 6) is 1.51. The molecule has 0 saturated carbocycles. The van der Waals surface area contributed by atoms with Gasteiger partial charge in [-0.25, -0.2) is 0 Å². The fourth-order valence-electron chi connectivity index (χ4n) is 4.73. The second-order valence-electron chi connectivity index (χ2n) is 8.44. The summed E-state index contributed by atoms with van der Waals surface area (Å²) in [6.45, 7) is 5.58. The highest BCUT2D eigenvalue weighted by molar-refractivity contribution is 5.97. The minimum absolute atomic E-state index is 0.0300. The largest absolute Gasteiger partial charge is 0.493 e. The molecule has 31 heavy (non-hydrogen) atoms. The molecule has 1 fully saturated rings. The average Bonchev–Trinajstić information content (AvgIpc) is 3.15. The maximum Gasteiger partial charge on any atom is 0.308 e. The minimum atomic E-state index is -0.183. The van der Waals surface area contributed by atoms with E-state index in [9.17, 15) is 9.59 Å². The SMILES string of the molecule is CCOc1cc2oc3c(c2cc1/C(C)=C/C(=O)N1CCC(C(=O)OC)CC1)CCCC3. The third-order valence-electron chi connectivity index (χ3n) is 6.46. The number of carbonyl (C=O) groups excluding carboxylic acids is 2. The number of hydrogen-bond donors (Lipinski definition) is 0. The smallest absolute Gasteiger partial charge is 0.308 e. The van der Waals surface area contributed by atoms with Gasteiger partial charge in [-0.15, -0.1) is 0 Å². The predicted octanol–water partition coefficient (Wildman–Crippen LogP) is 4.53. The van der Waals surface area contributed by atoms with Crippen LogP contribution in [0, 0.1) is 5.92 Å². The topological polar surface area (TPSA) is 69.0 Å². The van der Waals surface area contributed by atoms with Crippen LogP contribution < -0.4 is 4.74 Å². The molecular formula is C25H31NO5. The van der Waals surface area contributed by atoms with Gasteiger partial charge in [0, 0.05) is 48.2 Å². The standard InChI is InChI=1S/C25H31NO5/c1-4-30-22-15-23-20(18-7-5-6-8-21(18)31-23)14-19(22)16(2)13-24(27)26-11-9-17(10-12-26)25(28)29-3/h13-15,17H,4-12H2,1-3H3/b16-13+. The molecule has 1 aromatic carbocycles. The molecule has 4 rings (SSSR count). The molecule has 0 radical (unpaired) electrons. The molecule has 2 heterocycles. The van der Waals surface area contributed by atoms with Crippen LogP contribution in [0.5, 0.6) is 5.75 Å². The monoisotopic (exact) mass is 425 g/mol. The highest BCUT2D eigenvalue weighted by Crippen LogP contribution is 2.38. The Morgan fingerprint density at radius 1 is 1.19 bits per heavy atom. The molecule has 1 aliphatic carbocycles. The summed E-state index contributed by atoms with van der Waals surface area (Å²) in [4.78, 5) is 26.5. The fraction of sp³-hybridized carbons (Fsp3) is 0.520. The van der Waals surface area contributed by atoms with Gasteiger partial charge in [-0.3, -0.25) is 9.59 Å². The van der Waals surface area contributed by atoms with Gasteiger partial charge in [-0.05, 0) is 57.6 Å². The number of aryl methyl sites for hydroxylation is 2. The quantitative estimate of drug-likeness (QED) is 0.520. The number of methoxy groups -OCH3 is 1. The number of fused-ring (bicyclic) bond motifs is 3. The van der Waals surface area contributed by atoms with Crippen molar-refractivity contribution in [1.29, 1.82) is 0 Å². The Hall–Kier alpha value is -2.76. The van der Waals surface area contributed by atoms with Crippen LogP contribution in [-0.2, 0) is 27.2 Å². The lowest BCUT2D eigenvalue weighted by Crippen LogP contribution is -2.39. The lowest BCUT2D eigenvalue weighted by Gasteiger charge is -2.30. The molecule has 0 bridgehead atoms. The summed E-state index contributed by atoms with van der Waals surface area (Å²) >= 11 is 0. The molecule has 6 heteroatoms. The fourth-order valence-corrected chi connectivity index (χ4v) is 4.73. The molecule has 1 aliphatic heterocycles. The van der Waals surface area contributed by atoms with Crippen molar-refractivity contribution in [2.45, 2.75) is 52.4 Å². The Morgan fingerprint density at radius 3 is 2.65 bits per heavy atom. The number of ether oxygens (including phenoxy) is 2. The number of furan rings is 1. The van der Waals surface area contributed by atoms with Crippen LogP contribution in [0.4, 0.5) is 0 Å². The first-order valence-electron chi connectivity index (χ1n) is 11.3. The van der Waals surface area contributed by atoms with E-state index in [1.807, 2.05) is 24.8 Å². The van der Waals surface area contributed by atoms with Crippen molar-refractivity contribution in [2.75, 3.05) is 26.8 Å². The molecule has 2 aromatic rings. The predicted molar refractivity (Wildman–Crippen MR) is 119 cm³/mol. The molecule has 0 spiro atoms. The number of amides is 1. The van der Waals surface area contributed by atoms with Crippen LogP contribution in [0.25, 0.3) is 16.5 Å². The Labute approximate surface area is 183 Å². The number of rotatable bonds is 5. The summed E-state index contributed by atoms with van der Waals surface area (Å²) in [6.07, 6.45) is 7.34. The Kier molecular flexibility index (Phi) is 6.35. The Balaban J connectivity index is 1.59. The van der Waals surface area contributed by atoms with Gasteiger partial charge in [0.15, 0.2) is 0 Å². The highest BCUT2D eigenvalue weighted by Gasteiger charge is 2.27. The number of benzene rings is 1. The molecule has 0 atom stereocenters. The van der Waals surface area contributed by atoms with Crippen molar-refractivity contribution in [3.05, 3.63) is 35.1 Å². The minimum Gasteiger partial charge on any atom is -0.493 e. The number of hydrogen-bond acceptors (Lipinski definition) is 5. The first-order chi connectivity index (χ1) is 15.0. The lowest BCUT2D eigenvalue weighted by molar-refractivity contribution is -0.148. The molecule has 1 amide bonds. The van der Waals surface area contributed by atoms with E-state index in [1.54, 1.807) is 6.08 Å². The van der Waals surface area contributed by atoms with Crippen LogP contribution in [0.2, 0.25) is 0 Å². The van der Waals surface area contributed by atoms with E-state index in [0.29, 0.717) is 32.5 Å². The van der Waals surface area contributed by atoms with E-state index in [0.717, 1.165) is 52.9 Å². The zero-order valence-electron chi connectivity index (χ0n) is 18.7. The molecule has 6 nitrogen and oxygen atoms in total. The molecule has 0 N–H and O–H groups in total. The second-order valence-corrected chi connectivity index (χ2v) is 8.44. The molecule has 1 aromatic heterocycles. The van der Waals surface area contributed by atoms with E-state index >= 15 is 0 Å². The van der Waals surface area contributed by atoms with Gasteiger partial charge < -0.3 is 18.8 Å². The van der Waals surface area contributed by atoms with Crippen molar-refractivity contribution in [2.24, 2.45) is 5.92 Å². The van der Waals surface area contributed by atoms with Crippen LogP contribution in [-0.4, -0.2) is 43.6 Å². The van der Waals surface area contributed by atoms with Gasteiger partial charge in [-0.2, -0.15) is 0 Å². The van der Waals surface area contributed by atoms with E-state index in [-0.39, 0.29) is 17.8 Å². The molecule has 166 valence electrons. The maximum absolute atomic E-state index is 12.9. The zero-order valence-corrected chi connectivity index (χ0v) is 18.7. The van der Waals surface area contributed by atoms with Gasteiger partial charge in [-0.1, -0.05) is 0 Å². The number of piperidine rings is 1. The number of esters is 1. The van der Waals surface area contributed by atoms with Gasteiger partial charge in [0.1, 0.15) is 17.1 Å². The summed E-state index contributed by atoms with van der Waals surface area (Å²) < 4.78 is 16.9. The summed E-state index contributed by atoms with van der Waals surface area (Å²) in [6, 6.07) is 4.09. The van der Waals surface area contributed by atoms with E-state index in [1.165, 1.54) is 19.1 Å². The van der Waals surface area contributed by atoms with Gasteiger partial charge in [0.25, 0.3) is 0 Å². The van der Waals surface area contributed by atoms with E-state index in [4.69, 9.17) is 13.9 Å². The van der Waals surface area contributed by atoms with Crippen molar-refractivity contribution < 1.29 is 23.5 Å². The summed E-state index contributed by atoms with van der Waals surface area (Å²) in [5.41, 5.74) is 3.97. The zero-order chi connectivity index (χ0) is 22.0. The van der Waals surface area contributed by atoms with E-state index in [2.05, 4.69) is 6.07 Å². The number of allylic oxidation sites excluding steroid dienone is 1. The lowest BCUT2D eigenvalue weighted by atomic mass is 9.94. The second kappa shape index (κ2) is 9.16. The first-order valence-corrected chi connectivity index (χ1v) is 11.3. The van der Waals surface area contributed by atoms with E-state index < -0.39 is 0 Å². The van der Waals surface area contributed by atoms with Gasteiger partial charge in [0.2, 0.25) is 5.91 Å². The molecule has 0 unspecified atom stereocenters. The van der Waals surface area contributed by atoms with Gasteiger partial charge >= 0.3 is 5.97 Å². The Morgan fingerprint density at radius 2 is 1.94 bits per heavy atom. The third kappa shape index (κ3) is 4.34. The van der Waals surface area contributed by atoms with Crippen LogP contribution in [0.1, 0.15) is 56.4 Å². The first kappa shape index (κ1) is 21.5. The van der Waals surface area contributed by atoms with Crippen molar-refractivity contribution in [3.8, 4) is 5.75 Å². The maximum atomic E-state index is 12.9. The van der Waals surface area contributed by atoms with Crippen molar-refractivity contribution in [1.82, 2.24) is 4.90 Å². The Bertz CT molecular complexity index is 1010. The van der Waals surface area contributed by atoms with Gasteiger partial charge in [0.05, 0.1) is 19.6 Å². The van der Waals surface area contributed by atoms with Crippen molar-refractivity contribution in [3.63, 3.8) is 0 Å². The average molecular weight is 426 g/mol. The number of carbonyl (C=O) groups is 2. The molecule has 2 aliphatic rings. The van der Waals surface area contributed by atoms with Crippen LogP contribution >= 0.6 is 0 Å². The summed E-state index contributed by atoms with van der Waals surface area (Å²) in [5, 5.41) is 1.13.